The minimum absolute atomic E-state index is 0.0128. The van der Waals surface area contributed by atoms with Gasteiger partial charge < -0.3 is 15.2 Å². The number of anilines is 1. The Balaban J connectivity index is 2.03. The van der Waals surface area contributed by atoms with Crippen molar-refractivity contribution in [3.8, 4) is 5.75 Å². The zero-order chi connectivity index (χ0) is 19.1. The lowest BCUT2D eigenvalue weighted by Gasteiger charge is -2.39. The van der Waals surface area contributed by atoms with Gasteiger partial charge in [-0.05, 0) is 67.6 Å². The van der Waals surface area contributed by atoms with Crippen LogP contribution in [0.25, 0.3) is 0 Å². The Morgan fingerprint density at radius 2 is 2.00 bits per heavy atom. The highest BCUT2D eigenvalue weighted by molar-refractivity contribution is 5.89. The molecule has 26 heavy (non-hydrogen) atoms. The summed E-state index contributed by atoms with van der Waals surface area (Å²) in [6.07, 6.45) is 0.683. The number of nitrogens with one attached hydrogen (secondary N) is 1. The molecule has 2 aromatic carbocycles. The topological polar surface area (TPSA) is 58.6 Å². The molecule has 0 amide bonds. The Morgan fingerprint density at radius 1 is 1.27 bits per heavy atom. The van der Waals surface area contributed by atoms with E-state index in [1.165, 1.54) is 12.1 Å². The number of carbonyl (C=O) groups is 1. The Bertz CT molecular complexity index is 845. The van der Waals surface area contributed by atoms with Crippen molar-refractivity contribution in [1.82, 2.24) is 0 Å². The van der Waals surface area contributed by atoms with Gasteiger partial charge in [-0.2, -0.15) is 0 Å². The molecule has 0 aromatic heterocycles. The smallest absolute Gasteiger partial charge is 0.335 e. The largest absolute Gasteiger partial charge is 0.491 e. The van der Waals surface area contributed by atoms with Crippen molar-refractivity contribution < 1.29 is 19.0 Å². The molecule has 0 bridgehead atoms. The molecule has 5 heteroatoms. The molecule has 0 radical (unpaired) electrons. The number of fused-ring (bicyclic) bond motifs is 1. The Labute approximate surface area is 153 Å². The first-order valence-electron chi connectivity index (χ1n) is 8.78. The highest BCUT2D eigenvalue weighted by atomic mass is 19.1. The van der Waals surface area contributed by atoms with Gasteiger partial charge >= 0.3 is 5.97 Å². The monoisotopic (exact) mass is 357 g/mol. The van der Waals surface area contributed by atoms with Crippen LogP contribution in [0.2, 0.25) is 0 Å². The van der Waals surface area contributed by atoms with Crippen molar-refractivity contribution >= 4 is 11.7 Å². The fourth-order valence-electron chi connectivity index (χ4n) is 3.56. The second-order valence-corrected chi connectivity index (χ2v) is 7.70. The van der Waals surface area contributed by atoms with Crippen LogP contribution >= 0.6 is 0 Å². The number of hydrogen-bond acceptors (Lipinski definition) is 3. The van der Waals surface area contributed by atoms with E-state index in [1.54, 1.807) is 24.3 Å². The van der Waals surface area contributed by atoms with Gasteiger partial charge in [0.2, 0.25) is 0 Å². The second kappa shape index (κ2) is 6.63. The summed E-state index contributed by atoms with van der Waals surface area (Å²) >= 11 is 0. The summed E-state index contributed by atoms with van der Waals surface area (Å²) < 4.78 is 19.8. The van der Waals surface area contributed by atoms with E-state index in [9.17, 15) is 14.3 Å². The van der Waals surface area contributed by atoms with Gasteiger partial charge in [-0.25, -0.2) is 9.18 Å². The van der Waals surface area contributed by atoms with E-state index in [1.807, 2.05) is 13.8 Å². The van der Waals surface area contributed by atoms with Crippen molar-refractivity contribution in [3.05, 3.63) is 58.9 Å². The van der Waals surface area contributed by atoms with Crippen molar-refractivity contribution in [2.75, 3.05) is 5.32 Å². The Morgan fingerprint density at radius 3 is 2.65 bits per heavy atom. The molecule has 0 spiro atoms. The van der Waals surface area contributed by atoms with Crippen LogP contribution in [-0.4, -0.2) is 17.2 Å². The summed E-state index contributed by atoms with van der Waals surface area (Å²) in [7, 11) is 0. The molecule has 1 aliphatic rings. The third-order valence-electron chi connectivity index (χ3n) is 4.75. The van der Waals surface area contributed by atoms with Crippen LogP contribution in [0.4, 0.5) is 10.1 Å². The molecule has 0 saturated carbocycles. The quantitative estimate of drug-likeness (QED) is 0.795. The number of benzene rings is 2. The molecule has 2 N–H and O–H groups in total. The van der Waals surface area contributed by atoms with Crippen LogP contribution in [0, 0.1) is 5.82 Å². The van der Waals surface area contributed by atoms with E-state index in [0.29, 0.717) is 12.2 Å². The predicted octanol–water partition coefficient (Wildman–Crippen LogP) is 5.15. The fraction of sp³-hybridized carbons (Fsp3) is 0.381. The lowest BCUT2D eigenvalue weighted by atomic mass is 9.73. The van der Waals surface area contributed by atoms with Gasteiger partial charge in [0.05, 0.1) is 17.7 Å². The van der Waals surface area contributed by atoms with Crippen LogP contribution in [0.1, 0.15) is 61.6 Å². The Kier molecular flexibility index (Phi) is 4.65. The first kappa shape index (κ1) is 18.2. The van der Waals surface area contributed by atoms with Gasteiger partial charge in [0, 0.05) is 11.3 Å². The average Bonchev–Trinajstić information content (AvgIpc) is 2.55. The number of carboxylic acid groups (broad SMARTS) is 1. The summed E-state index contributed by atoms with van der Waals surface area (Å²) in [5.41, 5.74) is 2.61. The zero-order valence-electron chi connectivity index (χ0n) is 15.5. The Hall–Kier alpha value is -2.56. The number of hydrogen-bond donors (Lipinski definition) is 2. The average molecular weight is 357 g/mol. The van der Waals surface area contributed by atoms with Crippen molar-refractivity contribution in [2.24, 2.45) is 0 Å². The maximum absolute atomic E-state index is 13.9. The number of ether oxygens (including phenoxy) is 1. The van der Waals surface area contributed by atoms with E-state index in [4.69, 9.17) is 4.74 Å². The van der Waals surface area contributed by atoms with Crippen LogP contribution in [0.5, 0.6) is 5.75 Å². The van der Waals surface area contributed by atoms with E-state index in [2.05, 4.69) is 19.2 Å². The van der Waals surface area contributed by atoms with E-state index in [0.717, 1.165) is 16.8 Å². The summed E-state index contributed by atoms with van der Waals surface area (Å²) in [4.78, 5) is 11.3. The molecule has 138 valence electrons. The fourth-order valence-corrected chi connectivity index (χ4v) is 3.56. The van der Waals surface area contributed by atoms with Crippen LogP contribution in [-0.2, 0) is 5.41 Å². The third kappa shape index (κ3) is 3.52. The molecular formula is C21H24FNO3. The van der Waals surface area contributed by atoms with Gasteiger partial charge in [-0.1, -0.05) is 13.8 Å². The van der Waals surface area contributed by atoms with Gasteiger partial charge in [0.15, 0.2) is 0 Å². The normalized spacial score (nSPS) is 18.2. The molecule has 1 heterocycles. The molecule has 3 rings (SSSR count). The predicted molar refractivity (Wildman–Crippen MR) is 99.6 cm³/mol. The van der Waals surface area contributed by atoms with E-state index >= 15 is 0 Å². The van der Waals surface area contributed by atoms with Crippen molar-refractivity contribution in [1.29, 1.82) is 0 Å². The minimum Gasteiger partial charge on any atom is -0.491 e. The summed E-state index contributed by atoms with van der Waals surface area (Å²) in [5, 5.41) is 12.7. The first-order chi connectivity index (χ1) is 12.2. The van der Waals surface area contributed by atoms with E-state index < -0.39 is 5.97 Å². The first-order valence-corrected chi connectivity index (χ1v) is 8.78. The summed E-state index contributed by atoms with van der Waals surface area (Å²) in [6, 6.07) is 9.56. The van der Waals surface area contributed by atoms with Gasteiger partial charge in [0.25, 0.3) is 0 Å². The van der Waals surface area contributed by atoms with Crippen LogP contribution in [0.3, 0.4) is 0 Å². The van der Waals surface area contributed by atoms with Gasteiger partial charge in [0.1, 0.15) is 11.6 Å². The molecule has 0 fully saturated rings. The standard InChI is InChI=1S/C21H24FNO3/c1-12(2)26-19-8-6-14(22)10-15(19)18-11-21(3,4)16-9-13(20(24)25)5-7-17(16)23-18/h5-10,12,18,23H,11H2,1-4H3,(H,24,25). The molecule has 1 unspecified atom stereocenters. The van der Waals surface area contributed by atoms with Crippen LogP contribution < -0.4 is 10.1 Å². The highest BCUT2D eigenvalue weighted by Gasteiger charge is 2.35. The number of halogens is 1. The molecule has 1 atom stereocenters. The highest BCUT2D eigenvalue weighted by Crippen LogP contribution is 2.46. The van der Waals surface area contributed by atoms with Gasteiger partial charge in [-0.15, -0.1) is 0 Å². The number of rotatable bonds is 4. The molecule has 0 aliphatic carbocycles. The lowest BCUT2D eigenvalue weighted by Crippen LogP contribution is -2.32. The molecule has 4 nitrogen and oxygen atoms in total. The zero-order valence-corrected chi connectivity index (χ0v) is 15.5. The molecule has 1 aliphatic heterocycles. The maximum atomic E-state index is 13.9. The van der Waals surface area contributed by atoms with Crippen LogP contribution in [0.15, 0.2) is 36.4 Å². The second-order valence-electron chi connectivity index (χ2n) is 7.70. The third-order valence-corrected chi connectivity index (χ3v) is 4.75. The summed E-state index contributed by atoms with van der Waals surface area (Å²) in [6.45, 7) is 8.03. The molecule has 0 saturated heterocycles. The summed E-state index contributed by atoms with van der Waals surface area (Å²) in [5.74, 6) is -0.577. The number of aromatic carboxylic acids is 1. The minimum atomic E-state index is -0.941. The van der Waals surface area contributed by atoms with Crippen molar-refractivity contribution in [3.63, 3.8) is 0 Å². The SMILES string of the molecule is CC(C)Oc1ccc(F)cc1C1CC(C)(C)c2cc(C(=O)O)ccc2N1. The van der Waals surface area contributed by atoms with E-state index in [-0.39, 0.29) is 28.9 Å². The molecule has 2 aromatic rings. The van der Waals surface area contributed by atoms with Gasteiger partial charge in [-0.3, -0.25) is 0 Å². The lowest BCUT2D eigenvalue weighted by molar-refractivity contribution is 0.0696. The number of carboxylic acids is 1. The molecular weight excluding hydrogens is 333 g/mol. The van der Waals surface area contributed by atoms with Crippen molar-refractivity contribution in [2.45, 2.75) is 51.7 Å². The maximum Gasteiger partial charge on any atom is 0.335 e.